The van der Waals surface area contributed by atoms with Gasteiger partial charge in [-0.2, -0.15) is 5.10 Å². The second-order valence-corrected chi connectivity index (χ2v) is 7.32. The molecule has 0 saturated carbocycles. The van der Waals surface area contributed by atoms with Crippen molar-refractivity contribution in [3.63, 3.8) is 0 Å². The lowest BCUT2D eigenvalue weighted by Gasteiger charge is -2.09. The molecule has 30 heavy (non-hydrogen) atoms. The molecule has 0 aliphatic heterocycles. The third-order valence-electron chi connectivity index (χ3n) is 4.22. The second kappa shape index (κ2) is 10.1. The highest BCUT2D eigenvalue weighted by atomic mass is 127. The van der Waals surface area contributed by atoms with Gasteiger partial charge in [0.15, 0.2) is 6.61 Å². The van der Waals surface area contributed by atoms with E-state index in [1.54, 1.807) is 18.2 Å². The van der Waals surface area contributed by atoms with Crippen molar-refractivity contribution >= 4 is 51.5 Å². The zero-order valence-electron chi connectivity index (χ0n) is 16.3. The van der Waals surface area contributed by atoms with Gasteiger partial charge in [0.2, 0.25) is 0 Å². The van der Waals surface area contributed by atoms with Gasteiger partial charge >= 0.3 is 5.97 Å². The van der Waals surface area contributed by atoms with Gasteiger partial charge in [-0.25, -0.2) is 10.2 Å². The number of hydrogen-bond acceptors (Lipinski definition) is 6. The van der Waals surface area contributed by atoms with E-state index in [1.165, 1.54) is 20.4 Å². The number of amides is 1. The van der Waals surface area contributed by atoms with Gasteiger partial charge in [-0.05, 0) is 69.3 Å². The van der Waals surface area contributed by atoms with Crippen molar-refractivity contribution in [2.75, 3.05) is 20.8 Å². The van der Waals surface area contributed by atoms with Crippen LogP contribution in [0.15, 0.2) is 59.7 Å². The van der Waals surface area contributed by atoms with Crippen LogP contribution in [-0.2, 0) is 9.53 Å². The first-order chi connectivity index (χ1) is 14.5. The Morgan fingerprint density at radius 3 is 2.43 bits per heavy atom. The lowest BCUT2D eigenvalue weighted by molar-refractivity contribution is -0.142. The molecule has 0 fully saturated rings. The summed E-state index contributed by atoms with van der Waals surface area (Å²) in [6.45, 7) is -0.163. The maximum atomic E-state index is 12.6. The molecule has 0 radical (unpaired) electrons. The lowest BCUT2D eigenvalue weighted by Crippen LogP contribution is -2.18. The Morgan fingerprint density at radius 2 is 1.77 bits per heavy atom. The number of hydrogen-bond donors (Lipinski definition) is 1. The van der Waals surface area contributed by atoms with E-state index in [0.29, 0.717) is 17.1 Å². The summed E-state index contributed by atoms with van der Waals surface area (Å²) in [5.74, 6) is 0.205. The van der Waals surface area contributed by atoms with Gasteiger partial charge in [-0.3, -0.25) is 4.79 Å². The molecule has 0 bridgehead atoms. The number of nitrogens with one attached hydrogen (secondary N) is 1. The average Bonchev–Trinajstić information content (AvgIpc) is 2.77. The number of nitrogens with zero attached hydrogens (tertiary/aromatic N) is 1. The molecular formula is C22H19IN2O5. The Morgan fingerprint density at radius 1 is 1.03 bits per heavy atom. The number of methoxy groups -OCH3 is 2. The van der Waals surface area contributed by atoms with Crippen LogP contribution in [0.3, 0.4) is 0 Å². The van der Waals surface area contributed by atoms with Gasteiger partial charge in [-0.15, -0.1) is 0 Å². The summed E-state index contributed by atoms with van der Waals surface area (Å²) >= 11 is 2.09. The Hall–Kier alpha value is -3.14. The number of carbonyl (C=O) groups excluding carboxylic acids is 2. The Bertz CT molecular complexity index is 1110. The van der Waals surface area contributed by atoms with E-state index in [9.17, 15) is 9.59 Å². The first-order valence-corrected chi connectivity index (χ1v) is 9.99. The first-order valence-electron chi connectivity index (χ1n) is 8.91. The quantitative estimate of drug-likeness (QED) is 0.223. The van der Waals surface area contributed by atoms with Crippen molar-refractivity contribution in [3.05, 3.63) is 69.3 Å². The monoisotopic (exact) mass is 518 g/mol. The minimum Gasteiger partial charge on any atom is -0.496 e. The highest BCUT2D eigenvalue weighted by Gasteiger charge is 2.13. The number of halogens is 1. The van der Waals surface area contributed by atoms with Crippen LogP contribution in [0.2, 0.25) is 0 Å². The van der Waals surface area contributed by atoms with Gasteiger partial charge < -0.3 is 14.2 Å². The normalized spacial score (nSPS) is 10.8. The molecule has 0 atom stereocenters. The first kappa shape index (κ1) is 21.6. The highest BCUT2D eigenvalue weighted by Crippen LogP contribution is 2.26. The standard InChI is InChI=1S/C22H19IN2O5/c1-28-20-11-16-6-4-3-5-15(16)10-17(20)22(27)25-24-12-14-7-8-19(18(23)9-14)30-13-21(26)29-2/h3-12H,13H2,1-2H3,(H,25,27)/b24-12-. The van der Waals surface area contributed by atoms with Crippen molar-refractivity contribution < 1.29 is 23.8 Å². The number of hydrazone groups is 1. The molecule has 0 aliphatic carbocycles. The van der Waals surface area contributed by atoms with Crippen molar-refractivity contribution in [1.82, 2.24) is 5.43 Å². The Kier molecular flexibility index (Phi) is 7.23. The third kappa shape index (κ3) is 5.26. The molecule has 3 rings (SSSR count). The van der Waals surface area contributed by atoms with Crippen molar-refractivity contribution in [2.45, 2.75) is 0 Å². The highest BCUT2D eigenvalue weighted by molar-refractivity contribution is 14.1. The summed E-state index contributed by atoms with van der Waals surface area (Å²) in [6.07, 6.45) is 1.53. The molecule has 0 aromatic heterocycles. The molecule has 0 aliphatic rings. The number of carbonyl (C=O) groups is 2. The molecule has 0 spiro atoms. The van der Waals surface area contributed by atoms with E-state index >= 15 is 0 Å². The van der Waals surface area contributed by atoms with Crippen molar-refractivity contribution in [2.24, 2.45) is 5.10 Å². The SMILES string of the molecule is COC(=O)COc1ccc(/C=N\NC(=O)c2cc3ccccc3cc2OC)cc1I. The summed E-state index contributed by atoms with van der Waals surface area (Å²) in [5, 5.41) is 5.95. The van der Waals surface area contributed by atoms with Crippen LogP contribution in [0.5, 0.6) is 11.5 Å². The Balaban J connectivity index is 1.69. The summed E-state index contributed by atoms with van der Waals surface area (Å²) in [6, 6.07) is 16.6. The second-order valence-electron chi connectivity index (χ2n) is 6.15. The fraction of sp³-hybridized carbons (Fsp3) is 0.136. The van der Waals surface area contributed by atoms with E-state index in [4.69, 9.17) is 9.47 Å². The van der Waals surface area contributed by atoms with Gasteiger partial charge in [0.1, 0.15) is 11.5 Å². The maximum absolute atomic E-state index is 12.6. The fourth-order valence-corrected chi connectivity index (χ4v) is 3.40. The molecule has 0 saturated heterocycles. The molecule has 0 unspecified atom stereocenters. The van der Waals surface area contributed by atoms with E-state index in [2.05, 4.69) is 37.9 Å². The average molecular weight is 518 g/mol. The fourth-order valence-electron chi connectivity index (χ4n) is 2.70. The summed E-state index contributed by atoms with van der Waals surface area (Å²) in [4.78, 5) is 23.8. The number of fused-ring (bicyclic) bond motifs is 1. The number of benzene rings is 3. The van der Waals surface area contributed by atoms with Crippen LogP contribution in [0.25, 0.3) is 10.8 Å². The van der Waals surface area contributed by atoms with Crippen molar-refractivity contribution in [3.8, 4) is 11.5 Å². The van der Waals surface area contributed by atoms with Gasteiger partial charge in [-0.1, -0.05) is 24.3 Å². The molecule has 3 aromatic carbocycles. The minimum absolute atomic E-state index is 0.163. The van der Waals surface area contributed by atoms with Crippen LogP contribution in [0, 0.1) is 3.57 Å². The van der Waals surface area contributed by atoms with Crippen LogP contribution < -0.4 is 14.9 Å². The van der Waals surface area contributed by atoms with Crippen LogP contribution in [0.4, 0.5) is 0 Å². The summed E-state index contributed by atoms with van der Waals surface area (Å²) < 4.78 is 16.1. The van der Waals surface area contributed by atoms with Gasteiger partial charge in [0, 0.05) is 0 Å². The Labute approximate surface area is 187 Å². The zero-order valence-corrected chi connectivity index (χ0v) is 18.5. The molecule has 0 heterocycles. The summed E-state index contributed by atoms with van der Waals surface area (Å²) in [7, 11) is 2.83. The van der Waals surface area contributed by atoms with E-state index < -0.39 is 5.97 Å². The topological polar surface area (TPSA) is 86.2 Å². The molecule has 3 aromatic rings. The van der Waals surface area contributed by atoms with Crippen LogP contribution >= 0.6 is 22.6 Å². The van der Waals surface area contributed by atoms with E-state index in [-0.39, 0.29) is 12.5 Å². The molecule has 154 valence electrons. The molecule has 8 heteroatoms. The number of ether oxygens (including phenoxy) is 3. The maximum Gasteiger partial charge on any atom is 0.343 e. The molecular weight excluding hydrogens is 499 g/mol. The molecule has 1 N–H and O–H groups in total. The van der Waals surface area contributed by atoms with Gasteiger partial charge in [0.05, 0.1) is 29.6 Å². The van der Waals surface area contributed by atoms with E-state index in [1.807, 2.05) is 36.4 Å². The lowest BCUT2D eigenvalue weighted by atomic mass is 10.1. The predicted molar refractivity (Wildman–Crippen MR) is 122 cm³/mol. The largest absolute Gasteiger partial charge is 0.496 e. The predicted octanol–water partition coefficient (Wildman–Crippen LogP) is 3.77. The summed E-state index contributed by atoms with van der Waals surface area (Å²) in [5.41, 5.74) is 3.68. The van der Waals surface area contributed by atoms with Gasteiger partial charge in [0.25, 0.3) is 5.91 Å². The third-order valence-corrected chi connectivity index (χ3v) is 5.06. The molecule has 1 amide bonds. The zero-order chi connectivity index (χ0) is 21.5. The van der Waals surface area contributed by atoms with Crippen LogP contribution in [0.1, 0.15) is 15.9 Å². The number of rotatable bonds is 7. The van der Waals surface area contributed by atoms with Crippen molar-refractivity contribution in [1.29, 1.82) is 0 Å². The molecule has 7 nitrogen and oxygen atoms in total. The smallest absolute Gasteiger partial charge is 0.343 e. The minimum atomic E-state index is -0.455. The van der Waals surface area contributed by atoms with E-state index in [0.717, 1.165) is 19.9 Å². The van der Waals surface area contributed by atoms with Crippen LogP contribution in [-0.4, -0.2) is 38.9 Å². The number of esters is 1.